The highest BCUT2D eigenvalue weighted by atomic mass is 79.9. The third-order valence-corrected chi connectivity index (χ3v) is 3.69. The topological polar surface area (TPSA) is 63.3 Å². The number of rotatable bonds is 2. The number of nitrogens with zero attached hydrogens (tertiary/aromatic N) is 1. The number of oxazole rings is 1. The fraction of sp³-hybridized carbons (Fsp3) is 0.0667. The minimum Gasteiger partial charge on any atom is -0.478 e. The number of aromatic nitrogens is 1. The Morgan fingerprint density at radius 2 is 2.10 bits per heavy atom. The molecule has 0 radical (unpaired) electrons. The maximum atomic E-state index is 11.2. The van der Waals surface area contributed by atoms with Crippen LogP contribution in [-0.2, 0) is 0 Å². The standard InChI is InChI=1S/C15H10BrNO3/c1-8-5-6-11(16)10(7-8)14-17-12-4-2-3-9(15(18)19)13(12)20-14/h2-7H,1H3,(H,18,19). The van der Waals surface area contributed by atoms with Crippen LogP contribution >= 0.6 is 15.9 Å². The summed E-state index contributed by atoms with van der Waals surface area (Å²) in [5.41, 5.74) is 2.82. The molecule has 0 saturated heterocycles. The van der Waals surface area contributed by atoms with E-state index in [2.05, 4.69) is 20.9 Å². The monoisotopic (exact) mass is 331 g/mol. The van der Waals surface area contributed by atoms with Crippen LogP contribution in [0.25, 0.3) is 22.6 Å². The minimum absolute atomic E-state index is 0.116. The maximum Gasteiger partial charge on any atom is 0.339 e. The molecule has 100 valence electrons. The van der Waals surface area contributed by atoms with Crippen LogP contribution in [-0.4, -0.2) is 16.1 Å². The Bertz CT molecular complexity index is 823. The Balaban J connectivity index is 2.26. The van der Waals surface area contributed by atoms with Crippen molar-refractivity contribution in [3.05, 3.63) is 52.0 Å². The average molecular weight is 332 g/mol. The molecule has 5 heteroatoms. The first-order chi connectivity index (χ1) is 9.56. The van der Waals surface area contributed by atoms with Gasteiger partial charge in [0.05, 0.1) is 5.56 Å². The van der Waals surface area contributed by atoms with Crippen molar-refractivity contribution in [3.63, 3.8) is 0 Å². The molecule has 3 rings (SSSR count). The van der Waals surface area contributed by atoms with Crippen LogP contribution in [0.15, 0.2) is 45.3 Å². The summed E-state index contributed by atoms with van der Waals surface area (Å²) in [5, 5.41) is 9.16. The summed E-state index contributed by atoms with van der Waals surface area (Å²) in [5.74, 6) is -0.620. The second kappa shape index (κ2) is 4.76. The summed E-state index contributed by atoms with van der Waals surface area (Å²) in [6.45, 7) is 1.97. The molecule has 1 N–H and O–H groups in total. The minimum atomic E-state index is -1.03. The predicted octanol–water partition coefficient (Wildman–Crippen LogP) is 4.26. The van der Waals surface area contributed by atoms with Gasteiger partial charge in [-0.15, -0.1) is 0 Å². The van der Waals surface area contributed by atoms with Crippen LogP contribution < -0.4 is 0 Å². The van der Waals surface area contributed by atoms with Crippen molar-refractivity contribution in [1.82, 2.24) is 4.98 Å². The first-order valence-corrected chi connectivity index (χ1v) is 6.75. The highest BCUT2D eigenvalue weighted by Crippen LogP contribution is 2.32. The van der Waals surface area contributed by atoms with E-state index in [0.717, 1.165) is 15.6 Å². The summed E-state index contributed by atoms with van der Waals surface area (Å²) in [6.07, 6.45) is 0. The Kier molecular flexibility index (Phi) is 3.06. The first-order valence-electron chi connectivity index (χ1n) is 5.95. The van der Waals surface area contributed by atoms with Crippen molar-refractivity contribution >= 4 is 33.0 Å². The second-order valence-electron chi connectivity index (χ2n) is 4.46. The Hall–Kier alpha value is -2.14. The van der Waals surface area contributed by atoms with Gasteiger partial charge in [0, 0.05) is 4.47 Å². The Morgan fingerprint density at radius 3 is 2.85 bits per heavy atom. The van der Waals surface area contributed by atoms with Gasteiger partial charge in [0.15, 0.2) is 5.58 Å². The quantitative estimate of drug-likeness (QED) is 0.761. The molecular weight excluding hydrogens is 322 g/mol. The normalized spacial score (nSPS) is 10.9. The highest BCUT2D eigenvalue weighted by Gasteiger charge is 2.16. The zero-order valence-electron chi connectivity index (χ0n) is 10.6. The molecule has 0 spiro atoms. The van der Waals surface area contributed by atoms with Gasteiger partial charge in [-0.2, -0.15) is 0 Å². The van der Waals surface area contributed by atoms with E-state index in [1.54, 1.807) is 12.1 Å². The van der Waals surface area contributed by atoms with Crippen LogP contribution in [0.5, 0.6) is 0 Å². The van der Waals surface area contributed by atoms with Crippen LogP contribution in [0.1, 0.15) is 15.9 Å². The highest BCUT2D eigenvalue weighted by molar-refractivity contribution is 9.10. The van der Waals surface area contributed by atoms with E-state index < -0.39 is 5.97 Å². The number of halogens is 1. The number of carboxylic acids is 1. The van der Waals surface area contributed by atoms with Gasteiger partial charge < -0.3 is 9.52 Å². The second-order valence-corrected chi connectivity index (χ2v) is 5.32. The number of benzene rings is 2. The Morgan fingerprint density at radius 1 is 1.30 bits per heavy atom. The molecule has 0 aliphatic heterocycles. The number of aryl methyl sites for hydroxylation is 1. The van der Waals surface area contributed by atoms with Crippen molar-refractivity contribution in [2.75, 3.05) is 0 Å². The van der Waals surface area contributed by atoms with E-state index in [1.807, 2.05) is 25.1 Å². The van der Waals surface area contributed by atoms with Gasteiger partial charge in [-0.1, -0.05) is 17.7 Å². The molecule has 1 aromatic heterocycles. The molecule has 4 nitrogen and oxygen atoms in total. The summed E-state index contributed by atoms with van der Waals surface area (Å²) in [6, 6.07) is 10.7. The summed E-state index contributed by atoms with van der Waals surface area (Å²) >= 11 is 3.46. The number of fused-ring (bicyclic) bond motifs is 1. The largest absolute Gasteiger partial charge is 0.478 e. The number of aromatic carboxylic acids is 1. The van der Waals surface area contributed by atoms with Crippen molar-refractivity contribution in [2.45, 2.75) is 6.92 Å². The van der Waals surface area contributed by atoms with E-state index in [4.69, 9.17) is 9.52 Å². The molecule has 0 fully saturated rings. The van der Waals surface area contributed by atoms with Gasteiger partial charge in [0.1, 0.15) is 11.1 Å². The molecule has 0 saturated carbocycles. The molecule has 0 aliphatic rings. The van der Waals surface area contributed by atoms with E-state index in [1.165, 1.54) is 6.07 Å². The maximum absolute atomic E-state index is 11.2. The fourth-order valence-corrected chi connectivity index (χ4v) is 2.45. The Labute approximate surface area is 123 Å². The number of para-hydroxylation sites is 1. The zero-order valence-corrected chi connectivity index (χ0v) is 12.1. The lowest BCUT2D eigenvalue weighted by Gasteiger charge is -2.00. The van der Waals surface area contributed by atoms with Crippen LogP contribution in [0.2, 0.25) is 0 Å². The zero-order chi connectivity index (χ0) is 14.3. The number of carboxylic acid groups (broad SMARTS) is 1. The van der Waals surface area contributed by atoms with Crippen molar-refractivity contribution in [3.8, 4) is 11.5 Å². The van der Waals surface area contributed by atoms with Crippen LogP contribution in [0, 0.1) is 6.92 Å². The third kappa shape index (κ3) is 2.10. The molecule has 20 heavy (non-hydrogen) atoms. The predicted molar refractivity (Wildman–Crippen MR) is 78.8 cm³/mol. The molecule has 0 amide bonds. The van der Waals surface area contributed by atoms with Gasteiger partial charge in [0.25, 0.3) is 0 Å². The summed E-state index contributed by atoms with van der Waals surface area (Å²) < 4.78 is 6.51. The molecule has 0 atom stereocenters. The lowest BCUT2D eigenvalue weighted by atomic mass is 10.1. The first kappa shape index (κ1) is 12.9. The third-order valence-electron chi connectivity index (χ3n) is 3.00. The van der Waals surface area contributed by atoms with Gasteiger partial charge in [-0.3, -0.25) is 0 Å². The smallest absolute Gasteiger partial charge is 0.339 e. The van der Waals surface area contributed by atoms with Crippen LogP contribution in [0.4, 0.5) is 0 Å². The molecule has 0 bridgehead atoms. The van der Waals surface area contributed by atoms with Gasteiger partial charge >= 0.3 is 5.97 Å². The molecule has 2 aromatic carbocycles. The lowest BCUT2D eigenvalue weighted by Crippen LogP contribution is -1.95. The number of hydrogen-bond acceptors (Lipinski definition) is 3. The van der Waals surface area contributed by atoms with E-state index >= 15 is 0 Å². The van der Waals surface area contributed by atoms with Crippen molar-refractivity contribution in [1.29, 1.82) is 0 Å². The fourth-order valence-electron chi connectivity index (χ4n) is 2.04. The molecular formula is C15H10BrNO3. The summed E-state index contributed by atoms with van der Waals surface area (Å²) in [7, 11) is 0. The lowest BCUT2D eigenvalue weighted by molar-refractivity contribution is 0.0698. The molecule has 0 aliphatic carbocycles. The van der Waals surface area contributed by atoms with Gasteiger partial charge in [-0.05, 0) is 47.1 Å². The van der Waals surface area contributed by atoms with E-state index in [-0.39, 0.29) is 5.56 Å². The van der Waals surface area contributed by atoms with Crippen LogP contribution in [0.3, 0.4) is 0 Å². The average Bonchev–Trinajstić information content (AvgIpc) is 2.84. The molecule has 3 aromatic rings. The number of carbonyl (C=O) groups is 1. The van der Waals surface area contributed by atoms with Crippen molar-refractivity contribution < 1.29 is 14.3 Å². The molecule has 0 unspecified atom stereocenters. The van der Waals surface area contributed by atoms with E-state index in [9.17, 15) is 4.79 Å². The van der Waals surface area contributed by atoms with Gasteiger partial charge in [0.2, 0.25) is 5.89 Å². The van der Waals surface area contributed by atoms with Crippen molar-refractivity contribution in [2.24, 2.45) is 0 Å². The van der Waals surface area contributed by atoms with E-state index in [0.29, 0.717) is 17.0 Å². The summed E-state index contributed by atoms with van der Waals surface area (Å²) in [4.78, 5) is 15.6. The number of hydrogen-bond donors (Lipinski definition) is 1. The SMILES string of the molecule is Cc1ccc(Br)c(-c2nc3cccc(C(=O)O)c3o2)c1. The molecule has 1 heterocycles. The van der Waals surface area contributed by atoms with Gasteiger partial charge in [-0.25, -0.2) is 9.78 Å².